The predicted molar refractivity (Wildman–Crippen MR) is 77.6 cm³/mol. The molecule has 0 aromatic heterocycles. The molecule has 106 valence electrons. The Balaban J connectivity index is 2.43. The molecule has 2 unspecified atom stereocenters. The zero-order valence-electron chi connectivity index (χ0n) is 12.4. The van der Waals surface area contributed by atoms with Crippen molar-refractivity contribution in [1.29, 1.82) is 0 Å². The Labute approximate surface area is 116 Å². The van der Waals surface area contributed by atoms with E-state index < -0.39 is 5.60 Å². The number of ether oxygens (including phenoxy) is 1. The lowest BCUT2D eigenvalue weighted by Gasteiger charge is -2.37. The minimum absolute atomic E-state index is 0.233. The van der Waals surface area contributed by atoms with E-state index in [1.54, 1.807) is 7.11 Å². The van der Waals surface area contributed by atoms with Crippen LogP contribution in [0.4, 0.5) is 0 Å². The zero-order chi connectivity index (χ0) is 14.0. The Morgan fingerprint density at radius 3 is 2.68 bits per heavy atom. The van der Waals surface area contributed by atoms with Crippen LogP contribution in [0.3, 0.4) is 0 Å². The summed E-state index contributed by atoms with van der Waals surface area (Å²) < 4.78 is 5.53. The molecule has 1 aromatic carbocycles. The lowest BCUT2D eigenvalue weighted by atomic mass is 9.77. The number of aliphatic hydroxyl groups is 1. The smallest absolute Gasteiger partial charge is 0.127 e. The summed E-state index contributed by atoms with van der Waals surface area (Å²) in [5.41, 5.74) is 2.32. The van der Waals surface area contributed by atoms with Crippen molar-refractivity contribution in [1.82, 2.24) is 5.32 Å². The van der Waals surface area contributed by atoms with Gasteiger partial charge < -0.3 is 15.2 Å². The van der Waals surface area contributed by atoms with Crippen LogP contribution in [0, 0.1) is 19.8 Å². The van der Waals surface area contributed by atoms with E-state index in [4.69, 9.17) is 4.74 Å². The molecule has 0 spiro atoms. The van der Waals surface area contributed by atoms with E-state index in [9.17, 15) is 5.11 Å². The maximum absolute atomic E-state index is 11.1. The summed E-state index contributed by atoms with van der Waals surface area (Å²) in [6.45, 7) is 7.93. The molecular weight excluding hydrogens is 238 g/mol. The lowest BCUT2D eigenvalue weighted by Crippen LogP contribution is -2.42. The topological polar surface area (TPSA) is 41.5 Å². The molecule has 1 heterocycles. The summed E-state index contributed by atoms with van der Waals surface area (Å²) in [7, 11) is 1.68. The summed E-state index contributed by atoms with van der Waals surface area (Å²) in [5.74, 6) is 1.05. The summed E-state index contributed by atoms with van der Waals surface area (Å²) in [4.78, 5) is 0. The minimum Gasteiger partial charge on any atom is -0.496 e. The van der Waals surface area contributed by atoms with Gasteiger partial charge >= 0.3 is 0 Å². The lowest BCUT2D eigenvalue weighted by molar-refractivity contribution is -0.0175. The average Bonchev–Trinajstić information content (AvgIpc) is 2.39. The van der Waals surface area contributed by atoms with E-state index in [0.29, 0.717) is 0 Å². The van der Waals surface area contributed by atoms with Gasteiger partial charge in [-0.25, -0.2) is 0 Å². The van der Waals surface area contributed by atoms with Crippen LogP contribution in [-0.2, 0) is 5.60 Å². The molecule has 3 heteroatoms. The van der Waals surface area contributed by atoms with Gasteiger partial charge in [0.05, 0.1) is 12.7 Å². The highest BCUT2D eigenvalue weighted by atomic mass is 16.5. The first-order chi connectivity index (χ1) is 8.96. The van der Waals surface area contributed by atoms with Gasteiger partial charge in [-0.15, -0.1) is 0 Å². The highest BCUT2D eigenvalue weighted by Crippen LogP contribution is 2.40. The number of methoxy groups -OCH3 is 1. The number of hydrogen-bond donors (Lipinski definition) is 2. The number of piperidine rings is 1. The molecule has 1 aliphatic rings. The second-order valence-electron chi connectivity index (χ2n) is 5.85. The molecule has 2 rings (SSSR count). The third-order valence-corrected chi connectivity index (χ3v) is 4.26. The molecule has 2 atom stereocenters. The Morgan fingerprint density at radius 2 is 2.11 bits per heavy atom. The molecule has 0 amide bonds. The fourth-order valence-corrected chi connectivity index (χ4v) is 3.15. The van der Waals surface area contributed by atoms with Gasteiger partial charge in [-0.05, 0) is 51.8 Å². The molecule has 0 aliphatic carbocycles. The standard InChI is InChI=1S/C16H25NO2/c1-11-8-12(2)15(19-4)14(9-11)16(3,18)13-6-5-7-17-10-13/h8-9,13,17-18H,5-7,10H2,1-4H3. The van der Waals surface area contributed by atoms with Crippen molar-refractivity contribution in [2.24, 2.45) is 5.92 Å². The van der Waals surface area contributed by atoms with E-state index in [1.165, 1.54) is 0 Å². The van der Waals surface area contributed by atoms with Crippen LogP contribution in [0.1, 0.15) is 36.5 Å². The summed E-state index contributed by atoms with van der Waals surface area (Å²) in [5, 5.41) is 14.4. The van der Waals surface area contributed by atoms with Crippen LogP contribution in [0.15, 0.2) is 12.1 Å². The molecule has 0 radical (unpaired) electrons. The van der Waals surface area contributed by atoms with Gasteiger partial charge in [0.15, 0.2) is 0 Å². The van der Waals surface area contributed by atoms with Gasteiger partial charge in [-0.3, -0.25) is 0 Å². The van der Waals surface area contributed by atoms with Crippen LogP contribution in [0.25, 0.3) is 0 Å². The van der Waals surface area contributed by atoms with Crippen molar-refractivity contribution in [3.05, 3.63) is 28.8 Å². The number of rotatable bonds is 3. The normalized spacial score (nSPS) is 22.9. The van der Waals surface area contributed by atoms with Crippen LogP contribution >= 0.6 is 0 Å². The molecule has 1 aliphatic heterocycles. The van der Waals surface area contributed by atoms with Crippen molar-refractivity contribution in [3.8, 4) is 5.75 Å². The number of nitrogens with one attached hydrogen (secondary N) is 1. The SMILES string of the molecule is COc1c(C)cc(C)cc1C(C)(O)C1CCCNC1. The summed E-state index contributed by atoms with van der Waals surface area (Å²) in [6.07, 6.45) is 2.17. The molecular formula is C16H25NO2. The van der Waals surface area contributed by atoms with E-state index >= 15 is 0 Å². The van der Waals surface area contributed by atoms with Gasteiger partial charge in [0, 0.05) is 18.0 Å². The van der Waals surface area contributed by atoms with Gasteiger partial charge in [-0.2, -0.15) is 0 Å². The first kappa shape index (κ1) is 14.4. The molecule has 3 nitrogen and oxygen atoms in total. The highest BCUT2D eigenvalue weighted by Gasteiger charge is 2.37. The highest BCUT2D eigenvalue weighted by molar-refractivity contribution is 5.47. The summed E-state index contributed by atoms with van der Waals surface area (Å²) in [6, 6.07) is 4.15. The van der Waals surface area contributed by atoms with E-state index in [2.05, 4.69) is 24.4 Å². The largest absolute Gasteiger partial charge is 0.496 e. The Kier molecular flexibility index (Phi) is 4.16. The van der Waals surface area contributed by atoms with Crippen molar-refractivity contribution in [2.75, 3.05) is 20.2 Å². The monoisotopic (exact) mass is 263 g/mol. The van der Waals surface area contributed by atoms with Crippen molar-refractivity contribution < 1.29 is 9.84 Å². The maximum Gasteiger partial charge on any atom is 0.127 e. The first-order valence-electron chi connectivity index (χ1n) is 7.05. The first-order valence-corrected chi connectivity index (χ1v) is 7.05. The van der Waals surface area contributed by atoms with Crippen LogP contribution in [-0.4, -0.2) is 25.3 Å². The third-order valence-electron chi connectivity index (χ3n) is 4.26. The molecule has 0 saturated carbocycles. The van der Waals surface area contributed by atoms with Gasteiger partial charge in [0.25, 0.3) is 0 Å². The molecule has 19 heavy (non-hydrogen) atoms. The fourth-order valence-electron chi connectivity index (χ4n) is 3.15. The Bertz CT molecular complexity index is 448. The fraction of sp³-hybridized carbons (Fsp3) is 0.625. The van der Waals surface area contributed by atoms with Gasteiger partial charge in [0.1, 0.15) is 5.75 Å². The van der Waals surface area contributed by atoms with Crippen molar-refractivity contribution in [2.45, 2.75) is 39.2 Å². The quantitative estimate of drug-likeness (QED) is 0.880. The van der Waals surface area contributed by atoms with Gasteiger partial charge in [-0.1, -0.05) is 11.6 Å². The third kappa shape index (κ3) is 2.77. The molecule has 2 N–H and O–H groups in total. The van der Waals surface area contributed by atoms with E-state index in [-0.39, 0.29) is 5.92 Å². The molecule has 1 aromatic rings. The number of benzene rings is 1. The second kappa shape index (κ2) is 5.51. The molecule has 1 saturated heterocycles. The van der Waals surface area contributed by atoms with Crippen LogP contribution in [0.5, 0.6) is 5.75 Å². The summed E-state index contributed by atoms with van der Waals surface area (Å²) >= 11 is 0. The Hall–Kier alpha value is -1.06. The Morgan fingerprint density at radius 1 is 1.37 bits per heavy atom. The predicted octanol–water partition coefficient (Wildman–Crippen LogP) is 2.52. The number of hydrogen-bond acceptors (Lipinski definition) is 3. The van der Waals surface area contributed by atoms with Crippen LogP contribution in [0.2, 0.25) is 0 Å². The van der Waals surface area contributed by atoms with E-state index in [0.717, 1.165) is 48.4 Å². The minimum atomic E-state index is -0.852. The van der Waals surface area contributed by atoms with Crippen molar-refractivity contribution >= 4 is 0 Å². The number of aryl methyl sites for hydroxylation is 2. The molecule has 0 bridgehead atoms. The van der Waals surface area contributed by atoms with Gasteiger partial charge in [0.2, 0.25) is 0 Å². The molecule has 1 fully saturated rings. The average molecular weight is 263 g/mol. The van der Waals surface area contributed by atoms with Crippen LogP contribution < -0.4 is 10.1 Å². The van der Waals surface area contributed by atoms with Crippen molar-refractivity contribution in [3.63, 3.8) is 0 Å². The second-order valence-corrected chi connectivity index (χ2v) is 5.85. The van der Waals surface area contributed by atoms with E-state index in [1.807, 2.05) is 13.8 Å². The maximum atomic E-state index is 11.1. The zero-order valence-corrected chi connectivity index (χ0v) is 12.4.